The van der Waals surface area contributed by atoms with Crippen molar-refractivity contribution in [2.75, 3.05) is 11.4 Å². The van der Waals surface area contributed by atoms with E-state index in [1.165, 1.54) is 0 Å². The molecule has 1 aliphatic carbocycles. The van der Waals surface area contributed by atoms with E-state index in [0.29, 0.717) is 12.1 Å². The lowest BCUT2D eigenvalue weighted by Gasteiger charge is -2.37. The number of rotatable bonds is 4. The van der Waals surface area contributed by atoms with Gasteiger partial charge in [0.15, 0.2) is 0 Å². The normalized spacial score (nSPS) is 22.6. The molecule has 1 fully saturated rings. The molecule has 0 atom stereocenters. The second-order valence-corrected chi connectivity index (χ2v) is 5.53. The van der Waals surface area contributed by atoms with Crippen LogP contribution in [0.1, 0.15) is 38.2 Å². The molecule has 0 heterocycles. The van der Waals surface area contributed by atoms with Crippen LogP contribution in [-0.2, 0) is 0 Å². The second-order valence-electron chi connectivity index (χ2n) is 5.53. The fourth-order valence-corrected chi connectivity index (χ4v) is 3.16. The van der Waals surface area contributed by atoms with Crippen LogP contribution in [0.4, 0.5) is 11.4 Å². The Morgan fingerprint density at radius 1 is 1.35 bits per heavy atom. The maximum absolute atomic E-state index is 11.1. The predicted molar refractivity (Wildman–Crippen MR) is 81.1 cm³/mol. The first-order valence-electron chi connectivity index (χ1n) is 7.30. The van der Waals surface area contributed by atoms with Crippen LogP contribution in [0.3, 0.4) is 0 Å². The molecule has 2 N–H and O–H groups in total. The molecule has 0 amide bonds. The summed E-state index contributed by atoms with van der Waals surface area (Å²) in [4.78, 5) is 13.1. The molecule has 2 rings (SSSR count). The van der Waals surface area contributed by atoms with E-state index in [-0.39, 0.29) is 10.6 Å². The molecule has 1 aliphatic rings. The minimum atomic E-state index is -0.302. The fraction of sp³-hybridized carbons (Fsp3) is 0.600. The Morgan fingerprint density at radius 3 is 2.55 bits per heavy atom. The molecule has 5 nitrogen and oxygen atoms in total. The Balaban J connectivity index is 2.28. The molecule has 0 unspecified atom stereocenters. The summed E-state index contributed by atoms with van der Waals surface area (Å²) < 4.78 is 0. The van der Waals surface area contributed by atoms with Crippen molar-refractivity contribution in [3.05, 3.63) is 33.9 Å². The number of hydrogen-bond donors (Lipinski definition) is 1. The summed E-state index contributed by atoms with van der Waals surface area (Å²) in [5, 5.41) is 11.1. The van der Waals surface area contributed by atoms with Gasteiger partial charge in [0.05, 0.1) is 10.5 Å². The summed E-state index contributed by atoms with van der Waals surface area (Å²) in [6.45, 7) is 4.80. The standard InChI is InChI=1S/C15H23N3O2/c1-3-17(13-9-7-12(16)8-10-13)14-5-4-6-15(11(14)2)18(19)20/h4-6,12-13H,3,7-10,16H2,1-2H3. The molecule has 1 saturated carbocycles. The van der Waals surface area contributed by atoms with Gasteiger partial charge in [-0.3, -0.25) is 10.1 Å². The van der Waals surface area contributed by atoms with Crippen molar-refractivity contribution in [3.8, 4) is 0 Å². The van der Waals surface area contributed by atoms with E-state index in [2.05, 4.69) is 11.8 Å². The van der Waals surface area contributed by atoms with Crippen LogP contribution in [-0.4, -0.2) is 23.6 Å². The SMILES string of the molecule is CCN(c1cccc([N+](=O)[O-])c1C)C1CCC(N)CC1. The highest BCUT2D eigenvalue weighted by molar-refractivity contribution is 5.62. The molecular formula is C15H23N3O2. The number of nitrogens with two attached hydrogens (primary N) is 1. The summed E-state index contributed by atoms with van der Waals surface area (Å²) in [7, 11) is 0. The van der Waals surface area contributed by atoms with Crippen LogP contribution in [0.5, 0.6) is 0 Å². The third-order valence-electron chi connectivity index (χ3n) is 4.31. The van der Waals surface area contributed by atoms with E-state index in [4.69, 9.17) is 5.73 Å². The first-order valence-corrected chi connectivity index (χ1v) is 7.30. The van der Waals surface area contributed by atoms with Crippen molar-refractivity contribution < 1.29 is 4.92 Å². The zero-order valence-electron chi connectivity index (χ0n) is 12.2. The van der Waals surface area contributed by atoms with Gasteiger partial charge in [-0.05, 0) is 45.6 Å². The van der Waals surface area contributed by atoms with Crippen LogP contribution in [0.25, 0.3) is 0 Å². The largest absolute Gasteiger partial charge is 0.368 e. The number of benzene rings is 1. The van der Waals surface area contributed by atoms with Gasteiger partial charge < -0.3 is 10.6 Å². The molecule has 0 aromatic heterocycles. The lowest BCUT2D eigenvalue weighted by atomic mass is 9.90. The summed E-state index contributed by atoms with van der Waals surface area (Å²) in [6, 6.07) is 6.10. The monoisotopic (exact) mass is 277 g/mol. The smallest absolute Gasteiger partial charge is 0.274 e. The van der Waals surface area contributed by atoms with Crippen LogP contribution in [0, 0.1) is 17.0 Å². The molecule has 0 saturated heterocycles. The van der Waals surface area contributed by atoms with Gasteiger partial charge in [-0.15, -0.1) is 0 Å². The van der Waals surface area contributed by atoms with Crippen molar-refractivity contribution >= 4 is 11.4 Å². The minimum Gasteiger partial charge on any atom is -0.368 e. The number of nitro benzene ring substituents is 1. The number of hydrogen-bond acceptors (Lipinski definition) is 4. The highest BCUT2D eigenvalue weighted by atomic mass is 16.6. The maximum atomic E-state index is 11.1. The molecule has 1 aromatic carbocycles. The number of anilines is 1. The van der Waals surface area contributed by atoms with E-state index in [1.54, 1.807) is 12.1 Å². The third-order valence-corrected chi connectivity index (χ3v) is 4.31. The lowest BCUT2D eigenvalue weighted by Crippen LogP contribution is -2.41. The van der Waals surface area contributed by atoms with Gasteiger partial charge in [0.1, 0.15) is 0 Å². The van der Waals surface area contributed by atoms with Gasteiger partial charge in [0, 0.05) is 30.4 Å². The molecular weight excluding hydrogens is 254 g/mol. The van der Waals surface area contributed by atoms with Crippen LogP contribution < -0.4 is 10.6 Å². The minimum absolute atomic E-state index is 0.202. The summed E-state index contributed by atoms with van der Waals surface area (Å²) in [5.41, 5.74) is 7.91. The Hall–Kier alpha value is -1.62. The van der Waals surface area contributed by atoms with Crippen LogP contribution >= 0.6 is 0 Å². The topological polar surface area (TPSA) is 72.4 Å². The fourth-order valence-electron chi connectivity index (χ4n) is 3.16. The average molecular weight is 277 g/mol. The average Bonchev–Trinajstić information content (AvgIpc) is 2.43. The lowest BCUT2D eigenvalue weighted by molar-refractivity contribution is -0.385. The second kappa shape index (κ2) is 6.22. The van der Waals surface area contributed by atoms with Gasteiger partial charge in [0.2, 0.25) is 0 Å². The zero-order valence-corrected chi connectivity index (χ0v) is 12.2. The van der Waals surface area contributed by atoms with Crippen LogP contribution in [0.15, 0.2) is 18.2 Å². The van der Waals surface area contributed by atoms with Gasteiger partial charge in [-0.2, -0.15) is 0 Å². The first-order chi connectivity index (χ1) is 9.54. The molecule has 1 aromatic rings. The zero-order chi connectivity index (χ0) is 14.7. The van der Waals surface area contributed by atoms with Crippen molar-refractivity contribution in [2.45, 2.75) is 51.6 Å². The Bertz CT molecular complexity index is 482. The maximum Gasteiger partial charge on any atom is 0.274 e. The van der Waals surface area contributed by atoms with E-state index in [1.807, 2.05) is 13.0 Å². The predicted octanol–water partition coefficient (Wildman–Crippen LogP) is 3.00. The Labute approximate surface area is 119 Å². The van der Waals surface area contributed by atoms with E-state index in [0.717, 1.165) is 43.5 Å². The quantitative estimate of drug-likeness (QED) is 0.678. The molecule has 0 aliphatic heterocycles. The first kappa shape index (κ1) is 14.8. The molecule has 20 heavy (non-hydrogen) atoms. The van der Waals surface area contributed by atoms with Gasteiger partial charge in [-0.25, -0.2) is 0 Å². The van der Waals surface area contributed by atoms with Crippen molar-refractivity contribution in [1.82, 2.24) is 0 Å². The number of nitrogens with zero attached hydrogens (tertiary/aromatic N) is 2. The van der Waals surface area contributed by atoms with E-state index < -0.39 is 0 Å². The van der Waals surface area contributed by atoms with E-state index >= 15 is 0 Å². The molecule has 0 spiro atoms. The molecule has 0 bridgehead atoms. The Morgan fingerprint density at radius 2 is 2.00 bits per heavy atom. The van der Waals surface area contributed by atoms with Crippen LogP contribution in [0.2, 0.25) is 0 Å². The summed E-state index contributed by atoms with van der Waals surface area (Å²) >= 11 is 0. The highest BCUT2D eigenvalue weighted by Gasteiger charge is 2.26. The highest BCUT2D eigenvalue weighted by Crippen LogP contribution is 2.32. The molecule has 0 radical (unpaired) electrons. The van der Waals surface area contributed by atoms with Crippen molar-refractivity contribution in [1.29, 1.82) is 0 Å². The Kier molecular flexibility index (Phi) is 4.60. The van der Waals surface area contributed by atoms with Crippen molar-refractivity contribution in [2.24, 2.45) is 5.73 Å². The third kappa shape index (κ3) is 2.93. The van der Waals surface area contributed by atoms with Gasteiger partial charge in [0.25, 0.3) is 5.69 Å². The molecule has 110 valence electrons. The number of nitro groups is 1. The summed E-state index contributed by atoms with van der Waals surface area (Å²) in [6.07, 6.45) is 4.21. The van der Waals surface area contributed by atoms with Gasteiger partial charge >= 0.3 is 0 Å². The van der Waals surface area contributed by atoms with Gasteiger partial charge in [-0.1, -0.05) is 6.07 Å². The van der Waals surface area contributed by atoms with Crippen molar-refractivity contribution in [3.63, 3.8) is 0 Å². The summed E-state index contributed by atoms with van der Waals surface area (Å²) in [5.74, 6) is 0. The van der Waals surface area contributed by atoms with E-state index in [9.17, 15) is 10.1 Å². The molecule has 5 heteroatoms.